The van der Waals surface area contributed by atoms with Crippen molar-refractivity contribution in [2.75, 3.05) is 0 Å². The lowest BCUT2D eigenvalue weighted by atomic mass is 10.1. The van der Waals surface area contributed by atoms with Crippen LogP contribution in [0.15, 0.2) is 12.1 Å². The number of carbonyl (C=O) groups excluding carboxylic acids is 1. The van der Waals surface area contributed by atoms with E-state index < -0.39 is 11.7 Å². The zero-order chi connectivity index (χ0) is 9.30. The topological polar surface area (TPSA) is 43.1 Å². The molecule has 0 saturated heterocycles. The zero-order valence-electron chi connectivity index (χ0n) is 6.40. The van der Waals surface area contributed by atoms with E-state index in [9.17, 15) is 9.18 Å². The highest BCUT2D eigenvalue weighted by molar-refractivity contribution is 6.31. The van der Waals surface area contributed by atoms with Gasteiger partial charge in [0, 0.05) is 5.56 Å². The van der Waals surface area contributed by atoms with Crippen molar-refractivity contribution in [3.05, 3.63) is 34.1 Å². The Morgan fingerprint density at radius 2 is 2.17 bits per heavy atom. The molecule has 1 aromatic carbocycles. The number of hydrogen-bond donors (Lipinski definition) is 1. The Bertz CT molecular complexity index is 338. The van der Waals surface area contributed by atoms with E-state index in [-0.39, 0.29) is 10.6 Å². The first kappa shape index (κ1) is 9.00. The number of rotatable bonds is 1. The summed E-state index contributed by atoms with van der Waals surface area (Å²) in [6.07, 6.45) is 0. The molecule has 12 heavy (non-hydrogen) atoms. The molecule has 2 N–H and O–H groups in total. The lowest BCUT2D eigenvalue weighted by Gasteiger charge is -2.02. The van der Waals surface area contributed by atoms with E-state index in [0.717, 1.165) is 0 Å². The molecule has 0 spiro atoms. The Morgan fingerprint density at radius 3 is 2.67 bits per heavy atom. The summed E-state index contributed by atoms with van der Waals surface area (Å²) in [5, 5.41) is -0.0885. The molecule has 4 heteroatoms. The second-order valence-corrected chi connectivity index (χ2v) is 2.85. The van der Waals surface area contributed by atoms with Gasteiger partial charge in [-0.1, -0.05) is 11.6 Å². The van der Waals surface area contributed by atoms with Gasteiger partial charge in [0.15, 0.2) is 0 Å². The smallest absolute Gasteiger partial charge is 0.249 e. The maximum atomic E-state index is 12.7. The minimum absolute atomic E-state index is 0.0885. The van der Waals surface area contributed by atoms with Crippen molar-refractivity contribution < 1.29 is 9.18 Å². The molecule has 0 bridgehead atoms. The number of amides is 1. The molecule has 0 unspecified atom stereocenters. The van der Waals surface area contributed by atoms with Gasteiger partial charge in [0.05, 0.1) is 5.02 Å². The standard InChI is InChI=1S/C8H7ClFNO/c1-4-2-7(10)6(9)3-5(4)8(11)12/h2-3H,1H3,(H2,11,12). The van der Waals surface area contributed by atoms with Gasteiger partial charge in [0.25, 0.3) is 0 Å². The number of benzene rings is 1. The van der Waals surface area contributed by atoms with E-state index in [4.69, 9.17) is 17.3 Å². The third-order valence-corrected chi connectivity index (χ3v) is 1.82. The Hall–Kier alpha value is -1.09. The van der Waals surface area contributed by atoms with Crippen molar-refractivity contribution in [1.29, 1.82) is 0 Å². The molecule has 0 radical (unpaired) electrons. The molecule has 0 aliphatic heterocycles. The van der Waals surface area contributed by atoms with E-state index >= 15 is 0 Å². The van der Waals surface area contributed by atoms with Gasteiger partial charge in [0.1, 0.15) is 5.82 Å². The van der Waals surface area contributed by atoms with Crippen LogP contribution in [0, 0.1) is 12.7 Å². The third kappa shape index (κ3) is 1.56. The van der Waals surface area contributed by atoms with Gasteiger partial charge in [-0.25, -0.2) is 4.39 Å². The molecular formula is C8H7ClFNO. The highest BCUT2D eigenvalue weighted by Crippen LogP contribution is 2.19. The quantitative estimate of drug-likeness (QED) is 0.717. The molecular weight excluding hydrogens is 181 g/mol. The average molecular weight is 188 g/mol. The summed E-state index contributed by atoms with van der Waals surface area (Å²) < 4.78 is 12.7. The molecule has 1 rings (SSSR count). The number of hydrogen-bond acceptors (Lipinski definition) is 1. The van der Waals surface area contributed by atoms with Crippen LogP contribution in [0.25, 0.3) is 0 Å². The van der Waals surface area contributed by atoms with Crippen molar-refractivity contribution in [1.82, 2.24) is 0 Å². The van der Waals surface area contributed by atoms with Crippen LogP contribution in [-0.4, -0.2) is 5.91 Å². The SMILES string of the molecule is Cc1cc(F)c(Cl)cc1C(N)=O. The summed E-state index contributed by atoms with van der Waals surface area (Å²) in [4.78, 5) is 10.7. The first-order chi connectivity index (χ1) is 5.52. The van der Waals surface area contributed by atoms with Crippen molar-refractivity contribution in [3.8, 4) is 0 Å². The van der Waals surface area contributed by atoms with Crippen molar-refractivity contribution in [2.24, 2.45) is 5.73 Å². The molecule has 0 aliphatic carbocycles. The van der Waals surface area contributed by atoms with Crippen LogP contribution in [0.5, 0.6) is 0 Å². The van der Waals surface area contributed by atoms with Crippen LogP contribution in [0.1, 0.15) is 15.9 Å². The molecule has 2 nitrogen and oxygen atoms in total. The number of primary amides is 1. The predicted molar refractivity (Wildman–Crippen MR) is 44.7 cm³/mol. The van der Waals surface area contributed by atoms with Crippen LogP contribution < -0.4 is 5.73 Å². The van der Waals surface area contributed by atoms with Gasteiger partial charge in [-0.05, 0) is 24.6 Å². The highest BCUT2D eigenvalue weighted by atomic mass is 35.5. The van der Waals surface area contributed by atoms with Crippen molar-refractivity contribution in [2.45, 2.75) is 6.92 Å². The van der Waals surface area contributed by atoms with Crippen LogP contribution >= 0.6 is 11.6 Å². The molecule has 0 atom stereocenters. The summed E-state index contributed by atoms with van der Waals surface area (Å²) >= 11 is 5.45. The van der Waals surface area contributed by atoms with E-state index in [1.165, 1.54) is 12.1 Å². The number of carbonyl (C=O) groups is 1. The van der Waals surface area contributed by atoms with Gasteiger partial charge >= 0.3 is 0 Å². The molecule has 64 valence electrons. The van der Waals surface area contributed by atoms with Crippen LogP contribution in [0.3, 0.4) is 0 Å². The summed E-state index contributed by atoms with van der Waals surface area (Å²) in [6.45, 7) is 1.60. The Labute approximate surface area is 74.1 Å². The number of nitrogens with two attached hydrogens (primary N) is 1. The van der Waals surface area contributed by atoms with Gasteiger partial charge in [-0.15, -0.1) is 0 Å². The predicted octanol–water partition coefficient (Wildman–Crippen LogP) is 1.89. The number of halogens is 2. The second-order valence-electron chi connectivity index (χ2n) is 2.45. The summed E-state index contributed by atoms with van der Waals surface area (Å²) in [5.74, 6) is -1.14. The van der Waals surface area contributed by atoms with E-state index in [2.05, 4.69) is 0 Å². The molecule has 0 fully saturated rings. The molecule has 0 heterocycles. The van der Waals surface area contributed by atoms with Gasteiger partial charge < -0.3 is 5.73 Å². The Kier molecular flexibility index (Phi) is 2.33. The van der Waals surface area contributed by atoms with Crippen LogP contribution in [0.4, 0.5) is 4.39 Å². The van der Waals surface area contributed by atoms with E-state index in [1.807, 2.05) is 0 Å². The fourth-order valence-electron chi connectivity index (χ4n) is 0.912. The summed E-state index contributed by atoms with van der Waals surface area (Å²) in [6, 6.07) is 2.41. The minimum atomic E-state index is -0.602. The van der Waals surface area contributed by atoms with Crippen LogP contribution in [-0.2, 0) is 0 Å². The largest absolute Gasteiger partial charge is 0.366 e. The first-order valence-electron chi connectivity index (χ1n) is 3.28. The van der Waals surface area contributed by atoms with Crippen LogP contribution in [0.2, 0.25) is 5.02 Å². The van der Waals surface area contributed by atoms with Gasteiger partial charge in [0.2, 0.25) is 5.91 Å². The summed E-state index contributed by atoms with van der Waals surface area (Å²) in [7, 11) is 0. The lowest BCUT2D eigenvalue weighted by Crippen LogP contribution is -2.12. The average Bonchev–Trinajstić information content (AvgIpc) is 1.96. The monoisotopic (exact) mass is 187 g/mol. The first-order valence-corrected chi connectivity index (χ1v) is 3.65. The Morgan fingerprint density at radius 1 is 1.58 bits per heavy atom. The molecule has 0 aliphatic rings. The van der Waals surface area contributed by atoms with E-state index in [1.54, 1.807) is 6.92 Å². The van der Waals surface area contributed by atoms with Crippen molar-refractivity contribution in [3.63, 3.8) is 0 Å². The van der Waals surface area contributed by atoms with Gasteiger partial charge in [-0.3, -0.25) is 4.79 Å². The molecule has 0 aromatic heterocycles. The van der Waals surface area contributed by atoms with E-state index in [0.29, 0.717) is 5.56 Å². The second kappa shape index (κ2) is 3.11. The zero-order valence-corrected chi connectivity index (χ0v) is 7.15. The van der Waals surface area contributed by atoms with Crippen molar-refractivity contribution >= 4 is 17.5 Å². The fraction of sp³-hybridized carbons (Fsp3) is 0.125. The lowest BCUT2D eigenvalue weighted by molar-refractivity contribution is 0.0999. The Balaban J connectivity index is 3.33. The molecule has 0 saturated carbocycles. The summed E-state index contributed by atoms with van der Waals surface area (Å²) in [5.41, 5.74) is 5.76. The normalized spacial score (nSPS) is 9.92. The van der Waals surface area contributed by atoms with Gasteiger partial charge in [-0.2, -0.15) is 0 Å². The highest BCUT2D eigenvalue weighted by Gasteiger charge is 2.08. The molecule has 1 aromatic rings. The third-order valence-electron chi connectivity index (χ3n) is 1.53. The molecule has 1 amide bonds. The minimum Gasteiger partial charge on any atom is -0.366 e. The fourth-order valence-corrected chi connectivity index (χ4v) is 1.08. The number of aryl methyl sites for hydroxylation is 1. The maximum Gasteiger partial charge on any atom is 0.249 e. The maximum absolute atomic E-state index is 12.7.